The summed E-state index contributed by atoms with van der Waals surface area (Å²) in [5.74, 6) is 0.387. The lowest BCUT2D eigenvalue weighted by molar-refractivity contribution is 0.795. The van der Waals surface area contributed by atoms with Crippen LogP contribution in [-0.4, -0.2) is 24.5 Å². The topological polar surface area (TPSA) is 82.5 Å². The molecule has 0 unspecified atom stereocenters. The summed E-state index contributed by atoms with van der Waals surface area (Å²) in [6.07, 6.45) is 4.75. The van der Waals surface area contributed by atoms with Crippen molar-refractivity contribution in [3.05, 3.63) is 41.6 Å². The highest BCUT2D eigenvalue weighted by Crippen LogP contribution is 2.19. The summed E-state index contributed by atoms with van der Waals surface area (Å²) in [4.78, 5) is 16.5. The van der Waals surface area contributed by atoms with Crippen molar-refractivity contribution in [1.82, 2.24) is 24.5 Å². The highest BCUT2D eigenvalue weighted by Gasteiger charge is 2.10. The first-order valence-electron chi connectivity index (χ1n) is 5.26. The predicted octanol–water partition coefficient (Wildman–Crippen LogP) is 1.51. The lowest BCUT2D eigenvalue weighted by atomic mass is 10.4. The molecule has 0 aliphatic heterocycles. The number of nitrogens with zero attached hydrogens (tertiary/aromatic N) is 5. The molecule has 0 aromatic carbocycles. The Morgan fingerprint density at radius 2 is 2.22 bits per heavy atom. The molecule has 0 amide bonds. The summed E-state index contributed by atoms with van der Waals surface area (Å²) in [5.41, 5.74) is 8.08. The van der Waals surface area contributed by atoms with Crippen LogP contribution in [-0.2, 0) is 6.54 Å². The van der Waals surface area contributed by atoms with E-state index in [1.54, 1.807) is 23.0 Å². The first kappa shape index (κ1) is 10.9. The molecule has 0 saturated heterocycles. The number of fused-ring (bicyclic) bond motifs is 1. The molecule has 0 atom stereocenters. The van der Waals surface area contributed by atoms with Crippen LogP contribution in [0.1, 0.15) is 5.69 Å². The van der Waals surface area contributed by atoms with E-state index in [1.807, 2.05) is 6.07 Å². The van der Waals surface area contributed by atoms with Gasteiger partial charge in [0.05, 0.1) is 17.3 Å². The molecule has 3 heterocycles. The third-order valence-corrected chi connectivity index (χ3v) is 2.75. The molecule has 0 aliphatic carbocycles. The van der Waals surface area contributed by atoms with Crippen LogP contribution >= 0.6 is 11.6 Å². The number of nitrogens with two attached hydrogens (primary N) is 1. The smallest absolute Gasteiger partial charge is 0.202 e. The maximum absolute atomic E-state index is 5.88. The second kappa shape index (κ2) is 4.23. The molecule has 6 nitrogen and oxygen atoms in total. The van der Waals surface area contributed by atoms with Crippen LogP contribution < -0.4 is 5.73 Å². The lowest BCUT2D eigenvalue weighted by Gasteiger charge is -2.04. The quantitative estimate of drug-likeness (QED) is 0.755. The van der Waals surface area contributed by atoms with Gasteiger partial charge in [-0.25, -0.2) is 19.9 Å². The number of anilines is 1. The molecule has 2 N–H and O–H groups in total. The Hall–Kier alpha value is -2.21. The third kappa shape index (κ3) is 1.86. The maximum Gasteiger partial charge on any atom is 0.202 e. The molecule has 0 aliphatic rings. The minimum absolute atomic E-state index is 0.387. The van der Waals surface area contributed by atoms with E-state index in [0.717, 1.165) is 5.69 Å². The van der Waals surface area contributed by atoms with Crippen molar-refractivity contribution in [3.63, 3.8) is 0 Å². The van der Waals surface area contributed by atoms with Gasteiger partial charge in [-0.1, -0.05) is 11.6 Å². The van der Waals surface area contributed by atoms with E-state index in [-0.39, 0.29) is 0 Å². The van der Waals surface area contributed by atoms with E-state index < -0.39 is 0 Å². The van der Waals surface area contributed by atoms with Crippen LogP contribution in [0.3, 0.4) is 0 Å². The fourth-order valence-corrected chi connectivity index (χ4v) is 1.89. The van der Waals surface area contributed by atoms with Crippen LogP contribution in [0.5, 0.6) is 0 Å². The van der Waals surface area contributed by atoms with Gasteiger partial charge in [0.1, 0.15) is 11.8 Å². The average Bonchev–Trinajstić information content (AvgIpc) is 2.66. The van der Waals surface area contributed by atoms with E-state index in [0.29, 0.717) is 28.7 Å². The van der Waals surface area contributed by atoms with Gasteiger partial charge in [-0.2, -0.15) is 0 Å². The zero-order valence-electron chi connectivity index (χ0n) is 9.29. The maximum atomic E-state index is 5.88. The summed E-state index contributed by atoms with van der Waals surface area (Å²) in [6, 6.07) is 3.55. The summed E-state index contributed by atoms with van der Waals surface area (Å²) >= 11 is 5.87. The van der Waals surface area contributed by atoms with E-state index in [4.69, 9.17) is 17.3 Å². The number of hydrogen-bond acceptors (Lipinski definition) is 5. The summed E-state index contributed by atoms with van der Waals surface area (Å²) in [7, 11) is 0. The van der Waals surface area contributed by atoms with Crippen LogP contribution in [0.4, 0.5) is 5.95 Å². The minimum Gasteiger partial charge on any atom is -0.369 e. The Morgan fingerprint density at radius 1 is 1.33 bits per heavy atom. The lowest BCUT2D eigenvalue weighted by Crippen LogP contribution is -2.06. The van der Waals surface area contributed by atoms with E-state index >= 15 is 0 Å². The fourth-order valence-electron chi connectivity index (χ4n) is 1.73. The average molecular weight is 261 g/mol. The van der Waals surface area contributed by atoms with Gasteiger partial charge < -0.3 is 5.73 Å². The second-order valence-electron chi connectivity index (χ2n) is 3.75. The molecular formula is C11H9ClN6. The normalized spacial score (nSPS) is 10.9. The Bertz CT molecular complexity index is 693. The molecule has 0 radical (unpaired) electrons. The van der Waals surface area contributed by atoms with Crippen molar-refractivity contribution in [3.8, 4) is 0 Å². The van der Waals surface area contributed by atoms with Gasteiger partial charge in [0.25, 0.3) is 0 Å². The van der Waals surface area contributed by atoms with Crippen molar-refractivity contribution in [2.45, 2.75) is 6.54 Å². The molecule has 3 aromatic rings. The number of aromatic nitrogens is 5. The van der Waals surface area contributed by atoms with Crippen LogP contribution in [0.15, 0.2) is 30.9 Å². The van der Waals surface area contributed by atoms with Gasteiger partial charge in [0, 0.05) is 12.4 Å². The van der Waals surface area contributed by atoms with E-state index in [1.165, 1.54) is 6.33 Å². The van der Waals surface area contributed by atoms with Crippen molar-refractivity contribution >= 4 is 28.7 Å². The Morgan fingerprint density at radius 3 is 3.00 bits per heavy atom. The summed E-state index contributed by atoms with van der Waals surface area (Å²) in [5, 5.41) is 0.536. The first-order chi connectivity index (χ1) is 8.74. The van der Waals surface area contributed by atoms with Crippen molar-refractivity contribution in [1.29, 1.82) is 0 Å². The minimum atomic E-state index is 0.387. The number of hydrogen-bond donors (Lipinski definition) is 1. The van der Waals surface area contributed by atoms with Gasteiger partial charge in [0.2, 0.25) is 5.95 Å². The van der Waals surface area contributed by atoms with Crippen molar-refractivity contribution in [2.75, 3.05) is 5.73 Å². The molecule has 18 heavy (non-hydrogen) atoms. The molecule has 0 fully saturated rings. The number of pyridine rings is 1. The number of halogens is 1. The SMILES string of the molecule is Nc1nc2cc(Cl)cnc2n1Cc1ccncn1. The molecule has 0 bridgehead atoms. The van der Waals surface area contributed by atoms with Crippen LogP contribution in [0.2, 0.25) is 5.02 Å². The number of imidazole rings is 1. The first-order valence-corrected chi connectivity index (χ1v) is 5.64. The van der Waals surface area contributed by atoms with Gasteiger partial charge in [-0.15, -0.1) is 0 Å². The largest absolute Gasteiger partial charge is 0.369 e. The Balaban J connectivity index is 2.09. The van der Waals surface area contributed by atoms with Crippen molar-refractivity contribution < 1.29 is 0 Å². The van der Waals surface area contributed by atoms with Gasteiger partial charge in [0.15, 0.2) is 5.65 Å². The molecular weight excluding hydrogens is 252 g/mol. The van der Waals surface area contributed by atoms with Crippen molar-refractivity contribution in [2.24, 2.45) is 0 Å². The summed E-state index contributed by atoms with van der Waals surface area (Å²) in [6.45, 7) is 0.499. The zero-order chi connectivity index (χ0) is 12.5. The third-order valence-electron chi connectivity index (χ3n) is 2.54. The van der Waals surface area contributed by atoms with Gasteiger partial charge >= 0.3 is 0 Å². The number of rotatable bonds is 2. The number of nitrogen functional groups attached to an aromatic ring is 1. The highest BCUT2D eigenvalue weighted by atomic mass is 35.5. The predicted molar refractivity (Wildman–Crippen MR) is 68.1 cm³/mol. The van der Waals surface area contributed by atoms with Crippen LogP contribution in [0.25, 0.3) is 11.2 Å². The van der Waals surface area contributed by atoms with E-state index in [9.17, 15) is 0 Å². The van der Waals surface area contributed by atoms with Gasteiger partial charge in [-0.3, -0.25) is 4.57 Å². The molecule has 3 aromatic heterocycles. The van der Waals surface area contributed by atoms with Crippen LogP contribution in [0, 0.1) is 0 Å². The zero-order valence-corrected chi connectivity index (χ0v) is 10.0. The Kier molecular flexibility index (Phi) is 2.56. The van der Waals surface area contributed by atoms with Gasteiger partial charge in [-0.05, 0) is 12.1 Å². The molecule has 0 spiro atoms. The highest BCUT2D eigenvalue weighted by molar-refractivity contribution is 6.31. The fraction of sp³-hybridized carbons (Fsp3) is 0.0909. The Labute approximate surface area is 107 Å². The molecule has 7 heteroatoms. The molecule has 0 saturated carbocycles. The monoisotopic (exact) mass is 260 g/mol. The second-order valence-corrected chi connectivity index (χ2v) is 4.19. The summed E-state index contributed by atoms with van der Waals surface area (Å²) < 4.78 is 1.79. The molecule has 90 valence electrons. The standard InChI is InChI=1S/C11H9ClN6/c12-7-3-9-10(15-4-7)18(11(13)17-9)5-8-1-2-14-6-16-8/h1-4,6H,5H2,(H2,13,17). The molecule has 3 rings (SSSR count). The van der Waals surface area contributed by atoms with E-state index in [2.05, 4.69) is 19.9 Å².